The summed E-state index contributed by atoms with van der Waals surface area (Å²) in [6, 6.07) is 29.7. The molecule has 2 heterocycles. The Labute approximate surface area is 284 Å². The van der Waals surface area contributed by atoms with Crippen LogP contribution in [0.2, 0.25) is 0 Å². The number of rotatable bonds is 3. The Morgan fingerprint density at radius 2 is 1.10 bits per heavy atom. The summed E-state index contributed by atoms with van der Waals surface area (Å²) in [5.74, 6) is -1.62. The third kappa shape index (κ3) is 9.10. The largest absolute Gasteiger partial charge is 0.477 e. The zero-order valence-electron chi connectivity index (χ0n) is 28.5. The first-order chi connectivity index (χ1) is 23.1. The number of anilines is 2. The van der Waals surface area contributed by atoms with E-state index in [0.29, 0.717) is 27.5 Å². The number of aromatic amines is 2. The van der Waals surface area contributed by atoms with Crippen LogP contribution in [0.1, 0.15) is 73.4 Å². The Bertz CT molecular complexity index is 2240. The van der Waals surface area contributed by atoms with Crippen molar-refractivity contribution in [2.24, 2.45) is 0 Å². The molecule has 6 aromatic rings. The van der Waals surface area contributed by atoms with Crippen LogP contribution >= 0.6 is 0 Å². The molecular weight excluding hydrogens is 616 g/mol. The molecule has 0 saturated heterocycles. The number of fused-ring (bicyclic) bond motifs is 2. The van der Waals surface area contributed by atoms with Gasteiger partial charge in [-0.25, -0.2) is 4.79 Å². The molecule has 6 rings (SSSR count). The minimum absolute atomic E-state index is 0.0127. The number of hydrogen-bond donors (Lipinski definition) is 5. The molecule has 0 radical (unpaired) electrons. The summed E-state index contributed by atoms with van der Waals surface area (Å²) in [6.45, 7) is 12.9. The number of aromatic nitrogens is 2. The van der Waals surface area contributed by atoms with E-state index in [0.717, 1.165) is 11.3 Å². The van der Waals surface area contributed by atoms with Crippen molar-refractivity contribution in [2.45, 2.75) is 52.4 Å². The molecule has 252 valence electrons. The van der Waals surface area contributed by atoms with Crippen molar-refractivity contribution >= 4 is 45.1 Å². The molecule has 0 fully saturated rings. The van der Waals surface area contributed by atoms with Crippen LogP contribution in [0.4, 0.5) is 11.4 Å². The van der Waals surface area contributed by atoms with Crippen LogP contribution in [0.5, 0.6) is 0 Å². The fourth-order valence-electron chi connectivity index (χ4n) is 4.93. The van der Waals surface area contributed by atoms with E-state index in [2.05, 4.69) is 62.9 Å². The van der Waals surface area contributed by atoms with Crippen LogP contribution in [0.15, 0.2) is 119 Å². The number of benzene rings is 4. The van der Waals surface area contributed by atoms with Crippen LogP contribution < -0.4 is 21.9 Å². The molecular formula is C40H42N4O5. The van der Waals surface area contributed by atoms with E-state index in [9.17, 15) is 19.2 Å². The van der Waals surface area contributed by atoms with Crippen LogP contribution in [0.25, 0.3) is 21.8 Å². The Hall–Kier alpha value is -5.96. The molecule has 49 heavy (non-hydrogen) atoms. The van der Waals surface area contributed by atoms with Gasteiger partial charge in [0.2, 0.25) is 10.9 Å². The van der Waals surface area contributed by atoms with Gasteiger partial charge in [-0.1, -0.05) is 90.1 Å². The SMILES string of the molecule is CC(C)(C)c1cccc(N)c1.CC(C)(C)c1cccc(NC(=O)c2c[nH]c3ccccc3c2=O)c1.O=C(O)c1c[nH]c2ccccc2c1=O. The standard InChI is InChI=1S/C20H20N2O2.C10H7NO3.C10H15N/c1-20(2,3)13-7-6-8-14(11-13)22-19(24)16-12-21-17-10-5-4-9-15(17)18(16)23;12-9-6-3-1-2-4-8(6)11-5-7(9)10(13)14;1-10(2,3)8-5-4-6-9(11)7-8/h4-12H,1-3H3,(H,21,23)(H,22,24);1-5H,(H,11,12)(H,13,14);4-7H,11H2,1-3H3. The van der Waals surface area contributed by atoms with Gasteiger partial charge in [-0.15, -0.1) is 0 Å². The van der Waals surface area contributed by atoms with E-state index in [-0.39, 0.29) is 27.4 Å². The molecule has 9 nitrogen and oxygen atoms in total. The van der Waals surface area contributed by atoms with E-state index in [4.69, 9.17) is 10.8 Å². The summed E-state index contributed by atoms with van der Waals surface area (Å²) in [7, 11) is 0. The maximum Gasteiger partial charge on any atom is 0.341 e. The number of H-pyrrole nitrogens is 2. The smallest absolute Gasteiger partial charge is 0.341 e. The van der Waals surface area contributed by atoms with Crippen molar-refractivity contribution in [3.63, 3.8) is 0 Å². The van der Waals surface area contributed by atoms with Gasteiger partial charge in [0.15, 0.2) is 0 Å². The average Bonchev–Trinajstić information content (AvgIpc) is 3.05. The first kappa shape index (κ1) is 35.9. The molecule has 0 saturated carbocycles. The number of nitrogens with one attached hydrogen (secondary N) is 3. The Morgan fingerprint density at radius 3 is 1.59 bits per heavy atom. The molecule has 0 spiro atoms. The van der Waals surface area contributed by atoms with E-state index in [1.54, 1.807) is 36.4 Å². The average molecular weight is 659 g/mol. The lowest BCUT2D eigenvalue weighted by Crippen LogP contribution is -2.22. The van der Waals surface area contributed by atoms with Crippen LogP contribution in [-0.4, -0.2) is 27.0 Å². The molecule has 9 heteroatoms. The number of para-hydroxylation sites is 2. The van der Waals surface area contributed by atoms with Crippen LogP contribution in [0.3, 0.4) is 0 Å². The Morgan fingerprint density at radius 1 is 0.633 bits per heavy atom. The van der Waals surface area contributed by atoms with Crippen LogP contribution in [-0.2, 0) is 10.8 Å². The molecule has 6 N–H and O–H groups in total. The number of carbonyl (C=O) groups is 2. The van der Waals surface area contributed by atoms with Gasteiger partial charge in [0.05, 0.1) is 0 Å². The van der Waals surface area contributed by atoms with Gasteiger partial charge in [-0.05, 0) is 70.5 Å². The number of aromatic carboxylic acids is 1. The molecule has 0 atom stereocenters. The highest BCUT2D eigenvalue weighted by molar-refractivity contribution is 6.05. The predicted octanol–water partition coefficient (Wildman–Crippen LogP) is 7.87. The predicted molar refractivity (Wildman–Crippen MR) is 199 cm³/mol. The number of carboxylic acid groups (broad SMARTS) is 1. The molecule has 0 aliphatic heterocycles. The Balaban J connectivity index is 0.000000183. The lowest BCUT2D eigenvalue weighted by Gasteiger charge is -2.19. The van der Waals surface area contributed by atoms with Gasteiger partial charge in [-0.2, -0.15) is 0 Å². The van der Waals surface area contributed by atoms with Gasteiger partial charge in [0, 0.05) is 45.6 Å². The maximum absolute atomic E-state index is 12.5. The highest BCUT2D eigenvalue weighted by Crippen LogP contribution is 2.25. The van der Waals surface area contributed by atoms with Gasteiger partial charge < -0.3 is 26.1 Å². The first-order valence-corrected chi connectivity index (χ1v) is 15.8. The van der Waals surface area contributed by atoms with E-state index in [1.165, 1.54) is 18.0 Å². The molecule has 0 bridgehead atoms. The summed E-state index contributed by atoms with van der Waals surface area (Å²) < 4.78 is 0. The number of carbonyl (C=O) groups excluding carboxylic acids is 1. The van der Waals surface area contributed by atoms with Crippen LogP contribution in [0, 0.1) is 0 Å². The number of nitrogen functional groups attached to an aromatic ring is 1. The zero-order chi connectivity index (χ0) is 35.9. The minimum atomic E-state index is -1.21. The van der Waals surface area contributed by atoms with Crippen molar-refractivity contribution in [2.75, 3.05) is 11.1 Å². The summed E-state index contributed by atoms with van der Waals surface area (Å²) in [6.07, 6.45) is 2.68. The lowest BCUT2D eigenvalue weighted by molar-refractivity contribution is 0.0695. The molecule has 0 unspecified atom stereocenters. The lowest BCUT2D eigenvalue weighted by atomic mass is 9.87. The third-order valence-corrected chi connectivity index (χ3v) is 7.79. The van der Waals surface area contributed by atoms with E-state index >= 15 is 0 Å². The van der Waals surface area contributed by atoms with Gasteiger partial charge in [0.25, 0.3) is 5.91 Å². The van der Waals surface area contributed by atoms with Gasteiger partial charge in [-0.3, -0.25) is 14.4 Å². The maximum atomic E-state index is 12.5. The van der Waals surface area contributed by atoms with Crippen molar-refractivity contribution in [1.29, 1.82) is 0 Å². The molecule has 0 aliphatic rings. The highest BCUT2D eigenvalue weighted by atomic mass is 16.4. The van der Waals surface area contributed by atoms with Crippen molar-refractivity contribution < 1.29 is 14.7 Å². The summed E-state index contributed by atoms with van der Waals surface area (Å²) in [5, 5.41) is 12.4. The second-order valence-electron chi connectivity index (χ2n) is 13.6. The first-order valence-electron chi connectivity index (χ1n) is 15.8. The summed E-state index contributed by atoms with van der Waals surface area (Å²) in [4.78, 5) is 53.0. The summed E-state index contributed by atoms with van der Waals surface area (Å²) >= 11 is 0. The minimum Gasteiger partial charge on any atom is -0.477 e. The van der Waals surface area contributed by atoms with Gasteiger partial charge in [0.1, 0.15) is 11.1 Å². The number of amides is 1. The molecule has 4 aromatic carbocycles. The quantitative estimate of drug-likeness (QED) is 0.122. The van der Waals surface area contributed by atoms with Crippen molar-refractivity contribution in [3.05, 3.63) is 152 Å². The van der Waals surface area contributed by atoms with E-state index < -0.39 is 17.3 Å². The number of nitrogens with two attached hydrogens (primary N) is 1. The second kappa shape index (κ2) is 14.9. The second-order valence-corrected chi connectivity index (χ2v) is 13.6. The number of pyridine rings is 2. The monoisotopic (exact) mass is 658 g/mol. The van der Waals surface area contributed by atoms with Gasteiger partial charge >= 0.3 is 5.97 Å². The van der Waals surface area contributed by atoms with Crippen molar-refractivity contribution in [1.82, 2.24) is 9.97 Å². The van der Waals surface area contributed by atoms with E-state index in [1.807, 2.05) is 54.6 Å². The number of carboxylic acids is 1. The highest BCUT2D eigenvalue weighted by Gasteiger charge is 2.17. The summed E-state index contributed by atoms with van der Waals surface area (Å²) in [5.41, 5.74) is 10.3. The number of hydrogen-bond acceptors (Lipinski definition) is 5. The Kier molecular flexibility index (Phi) is 10.9. The van der Waals surface area contributed by atoms with Crippen molar-refractivity contribution in [3.8, 4) is 0 Å². The third-order valence-electron chi connectivity index (χ3n) is 7.79. The fraction of sp³-hybridized carbons (Fsp3) is 0.200. The molecule has 1 amide bonds. The fourth-order valence-corrected chi connectivity index (χ4v) is 4.93. The normalized spacial score (nSPS) is 11.1. The zero-order valence-corrected chi connectivity index (χ0v) is 28.5. The molecule has 0 aliphatic carbocycles. The molecule has 2 aromatic heterocycles. The topological polar surface area (TPSA) is 158 Å².